The Balaban J connectivity index is 0.982. The third kappa shape index (κ3) is 6.40. The van der Waals surface area contributed by atoms with Crippen molar-refractivity contribution >= 4 is 17.5 Å². The fourth-order valence-electron chi connectivity index (χ4n) is 8.05. The van der Waals surface area contributed by atoms with Crippen LogP contribution in [0.25, 0.3) is 72.8 Å². The van der Waals surface area contributed by atoms with Crippen LogP contribution >= 0.6 is 0 Å². The summed E-state index contributed by atoms with van der Waals surface area (Å²) in [7, 11) is 0. The molecule has 0 atom stereocenters. The highest BCUT2D eigenvalue weighted by Gasteiger charge is 2.22. The van der Waals surface area contributed by atoms with Crippen LogP contribution in [0.15, 0.2) is 188 Å². The zero-order valence-corrected chi connectivity index (χ0v) is 30.4. The molecule has 10 rings (SSSR count). The van der Waals surface area contributed by atoms with Crippen molar-refractivity contribution < 1.29 is 0 Å². The second-order valence-corrected chi connectivity index (χ2v) is 14.4. The maximum Gasteiger partial charge on any atom is 0.0748 e. The van der Waals surface area contributed by atoms with Crippen molar-refractivity contribution in [3.05, 3.63) is 205 Å². The predicted octanol–water partition coefficient (Wildman–Crippen LogP) is 13.1. The van der Waals surface area contributed by atoms with Crippen LogP contribution in [0.5, 0.6) is 0 Å². The van der Waals surface area contributed by atoms with Crippen molar-refractivity contribution in [2.75, 3.05) is 0 Å². The Bertz CT molecular complexity index is 2710. The molecule has 0 unspecified atom stereocenters. The largest absolute Gasteiger partial charge is 0.264 e. The summed E-state index contributed by atoms with van der Waals surface area (Å²) in [5.41, 5.74) is 21.5. The van der Waals surface area contributed by atoms with Gasteiger partial charge in [-0.25, -0.2) is 0 Å². The van der Waals surface area contributed by atoms with E-state index in [9.17, 15) is 0 Å². The van der Waals surface area contributed by atoms with E-state index in [0.717, 1.165) is 69.6 Å². The van der Waals surface area contributed by atoms with Crippen molar-refractivity contribution in [1.82, 2.24) is 9.97 Å². The van der Waals surface area contributed by atoms with Crippen LogP contribution in [0.3, 0.4) is 0 Å². The fraction of sp³-hybridized carbons (Fsp3) is 0.0577. The number of allylic oxidation sites excluding steroid dienone is 1. The van der Waals surface area contributed by atoms with E-state index in [2.05, 4.69) is 162 Å². The van der Waals surface area contributed by atoms with E-state index in [4.69, 9.17) is 4.99 Å². The molecule has 260 valence electrons. The highest BCUT2D eigenvalue weighted by Crippen LogP contribution is 2.43. The zero-order valence-electron chi connectivity index (χ0n) is 30.4. The van der Waals surface area contributed by atoms with Gasteiger partial charge in [0.2, 0.25) is 0 Å². The summed E-state index contributed by atoms with van der Waals surface area (Å²) in [5, 5.41) is 0. The van der Waals surface area contributed by atoms with Gasteiger partial charge in [-0.1, -0.05) is 140 Å². The lowest BCUT2D eigenvalue weighted by molar-refractivity contribution is 0.986. The summed E-state index contributed by atoms with van der Waals surface area (Å²) in [6, 6.07) is 55.0. The second kappa shape index (κ2) is 14.1. The van der Waals surface area contributed by atoms with E-state index < -0.39 is 0 Å². The molecule has 2 aromatic heterocycles. The lowest BCUT2D eigenvalue weighted by Gasteiger charge is -2.16. The van der Waals surface area contributed by atoms with Gasteiger partial charge >= 0.3 is 0 Å². The standard InChI is InChI=1S/C52H37N3/c1-2-10-48-40(6-1)7-3-11-49(48)41-22-18-39(19-23-41)46-30-47-32-51(55-52(47)50(31-46)42-24-16-38(17-25-42)45-9-5-29-54-34-45)43-26-20-36(21-27-43)35-12-14-37(15-13-35)44-8-4-28-53-33-44/h2-5,7-31,33-34H,1,6,32H2. The Kier molecular flexibility index (Phi) is 8.38. The molecule has 0 fully saturated rings. The van der Waals surface area contributed by atoms with Crippen LogP contribution < -0.4 is 0 Å². The van der Waals surface area contributed by atoms with Gasteiger partial charge in [0.25, 0.3) is 0 Å². The van der Waals surface area contributed by atoms with Crippen molar-refractivity contribution in [2.45, 2.75) is 19.3 Å². The minimum absolute atomic E-state index is 0.781. The molecule has 1 aliphatic carbocycles. The van der Waals surface area contributed by atoms with E-state index in [0.29, 0.717) is 0 Å². The van der Waals surface area contributed by atoms with Gasteiger partial charge in [0.15, 0.2) is 0 Å². The van der Waals surface area contributed by atoms with Crippen molar-refractivity contribution in [3.63, 3.8) is 0 Å². The van der Waals surface area contributed by atoms with Crippen molar-refractivity contribution in [3.8, 4) is 66.8 Å². The van der Waals surface area contributed by atoms with Gasteiger partial charge in [-0.2, -0.15) is 0 Å². The summed E-state index contributed by atoms with van der Waals surface area (Å²) in [6.45, 7) is 0. The first-order valence-corrected chi connectivity index (χ1v) is 19.0. The first-order chi connectivity index (χ1) is 27.2. The van der Waals surface area contributed by atoms with Gasteiger partial charge < -0.3 is 0 Å². The van der Waals surface area contributed by atoms with Gasteiger partial charge in [-0.05, 0) is 121 Å². The number of hydrogen-bond acceptors (Lipinski definition) is 3. The number of aromatic nitrogens is 2. The molecule has 3 heterocycles. The second-order valence-electron chi connectivity index (χ2n) is 14.4. The van der Waals surface area contributed by atoms with E-state index in [1.165, 1.54) is 50.1 Å². The quantitative estimate of drug-likeness (QED) is 0.166. The summed E-state index contributed by atoms with van der Waals surface area (Å²) in [4.78, 5) is 14.0. The van der Waals surface area contributed by atoms with E-state index in [1.807, 2.05) is 30.7 Å². The average molecular weight is 704 g/mol. The normalized spacial score (nSPS) is 12.9. The lowest BCUT2D eigenvalue weighted by atomic mass is 9.89. The third-order valence-electron chi connectivity index (χ3n) is 11.0. The molecule has 0 saturated carbocycles. The molecule has 0 saturated heterocycles. The van der Waals surface area contributed by atoms with Gasteiger partial charge in [0.1, 0.15) is 0 Å². The molecule has 3 heteroatoms. The van der Waals surface area contributed by atoms with E-state index in [1.54, 1.807) is 6.20 Å². The summed E-state index contributed by atoms with van der Waals surface area (Å²) in [5.74, 6) is 0. The number of nitrogens with zero attached hydrogens (tertiary/aromatic N) is 3. The number of hydrogen-bond donors (Lipinski definition) is 0. The molecule has 8 aromatic rings. The van der Waals surface area contributed by atoms with Crippen LogP contribution in [0.1, 0.15) is 28.7 Å². The molecule has 6 aromatic carbocycles. The number of aryl methyl sites for hydroxylation is 1. The Hall–Kier alpha value is -6.97. The molecular formula is C52H37N3. The fourth-order valence-corrected chi connectivity index (χ4v) is 8.05. The summed E-state index contributed by atoms with van der Waals surface area (Å²) >= 11 is 0. The van der Waals surface area contributed by atoms with Crippen LogP contribution in [0.2, 0.25) is 0 Å². The first-order valence-electron chi connectivity index (χ1n) is 19.0. The van der Waals surface area contributed by atoms with Gasteiger partial charge in [-0.15, -0.1) is 0 Å². The number of fused-ring (bicyclic) bond motifs is 2. The summed E-state index contributed by atoms with van der Waals surface area (Å²) < 4.78 is 0. The zero-order chi connectivity index (χ0) is 36.6. The van der Waals surface area contributed by atoms with Gasteiger partial charge in [0, 0.05) is 36.8 Å². The molecule has 2 aliphatic rings. The predicted molar refractivity (Wildman–Crippen MR) is 228 cm³/mol. The highest BCUT2D eigenvalue weighted by molar-refractivity contribution is 6.09. The molecule has 1 aliphatic heterocycles. The highest BCUT2D eigenvalue weighted by atomic mass is 14.8. The molecule has 3 nitrogen and oxygen atoms in total. The molecule has 0 N–H and O–H groups in total. The Labute approximate surface area is 322 Å². The first kappa shape index (κ1) is 32.7. The average Bonchev–Trinajstić information content (AvgIpc) is 3.71. The monoisotopic (exact) mass is 703 g/mol. The van der Waals surface area contributed by atoms with E-state index in [-0.39, 0.29) is 0 Å². The van der Waals surface area contributed by atoms with Gasteiger partial charge in [-0.3, -0.25) is 15.0 Å². The number of benzene rings is 6. The Morgan fingerprint density at radius 1 is 0.400 bits per heavy atom. The van der Waals surface area contributed by atoms with Crippen molar-refractivity contribution in [2.24, 2.45) is 4.99 Å². The van der Waals surface area contributed by atoms with Crippen LogP contribution in [-0.4, -0.2) is 15.7 Å². The lowest BCUT2D eigenvalue weighted by Crippen LogP contribution is -2.00. The molecular weight excluding hydrogens is 667 g/mol. The number of rotatable bonds is 7. The topological polar surface area (TPSA) is 38.1 Å². The molecule has 0 bridgehead atoms. The minimum atomic E-state index is 0.781. The minimum Gasteiger partial charge on any atom is -0.264 e. The number of aliphatic imine (C=N–C) groups is 1. The van der Waals surface area contributed by atoms with Crippen molar-refractivity contribution in [1.29, 1.82) is 0 Å². The van der Waals surface area contributed by atoms with Crippen LogP contribution in [0.4, 0.5) is 5.69 Å². The van der Waals surface area contributed by atoms with Gasteiger partial charge in [0.05, 0.1) is 11.4 Å². The smallest absolute Gasteiger partial charge is 0.0748 e. The maximum absolute atomic E-state index is 5.35. The SMILES string of the molecule is C1=Cc2c(cccc2-c2ccc(-c3cc4c(c(-c5ccc(-c6cccnc6)cc5)c3)N=C(c3ccc(-c5ccc(-c6cccnc6)cc5)cc3)C4)cc2)CC1. The molecule has 0 spiro atoms. The molecule has 55 heavy (non-hydrogen) atoms. The van der Waals surface area contributed by atoms with E-state index >= 15 is 0 Å². The summed E-state index contributed by atoms with van der Waals surface area (Å²) in [6.07, 6.45) is 15.0. The Morgan fingerprint density at radius 2 is 0.927 bits per heavy atom. The molecule has 0 amide bonds. The van der Waals surface area contributed by atoms with Crippen LogP contribution in [-0.2, 0) is 12.8 Å². The maximum atomic E-state index is 5.35. The molecule has 0 radical (unpaired) electrons. The number of pyridine rings is 2. The van der Waals surface area contributed by atoms with Crippen LogP contribution in [0, 0.1) is 0 Å². The third-order valence-corrected chi connectivity index (χ3v) is 11.0. The Morgan fingerprint density at radius 3 is 1.51 bits per heavy atom.